The molecule has 6 heteroatoms. The Morgan fingerprint density at radius 3 is 2.69 bits per heavy atom. The standard InChI is InChI=1S/C26H31N5O/c1-17(2)14-27-24-25-28-15-23(31(25)16-22(30-24)18-6-4-3-5-7-18)19-8-10-20(11-9-19)26(32)29-21-12-13-21/h6,8-11,15-17,21H,3-5,7,12-14H2,1-2H3,(H,27,30)(H,29,32). The number of carbonyl (C=O) groups is 1. The van der Waals surface area contributed by atoms with Gasteiger partial charge in [0.1, 0.15) is 0 Å². The van der Waals surface area contributed by atoms with E-state index in [-0.39, 0.29) is 5.91 Å². The van der Waals surface area contributed by atoms with Gasteiger partial charge in [-0.3, -0.25) is 9.20 Å². The highest BCUT2D eigenvalue weighted by Crippen LogP contribution is 2.30. The highest BCUT2D eigenvalue weighted by atomic mass is 16.1. The fraction of sp³-hybridized carbons (Fsp3) is 0.423. The smallest absolute Gasteiger partial charge is 0.251 e. The van der Waals surface area contributed by atoms with Crippen molar-refractivity contribution in [1.29, 1.82) is 0 Å². The van der Waals surface area contributed by atoms with Crippen molar-refractivity contribution in [1.82, 2.24) is 19.7 Å². The first-order valence-electron chi connectivity index (χ1n) is 11.8. The molecule has 1 aromatic carbocycles. The van der Waals surface area contributed by atoms with Crippen LogP contribution in [0.2, 0.25) is 0 Å². The first-order valence-corrected chi connectivity index (χ1v) is 11.8. The van der Waals surface area contributed by atoms with Crippen LogP contribution in [0.15, 0.2) is 42.7 Å². The summed E-state index contributed by atoms with van der Waals surface area (Å²) in [6, 6.07) is 8.17. The number of amides is 1. The van der Waals surface area contributed by atoms with Crippen molar-refractivity contribution >= 4 is 22.9 Å². The molecule has 0 aliphatic heterocycles. The first-order chi connectivity index (χ1) is 15.6. The maximum atomic E-state index is 12.3. The number of hydrogen-bond acceptors (Lipinski definition) is 4. The van der Waals surface area contributed by atoms with Crippen molar-refractivity contribution in [2.75, 3.05) is 11.9 Å². The Morgan fingerprint density at radius 2 is 2.00 bits per heavy atom. The minimum atomic E-state index is 0.00749. The number of anilines is 1. The van der Waals surface area contributed by atoms with Crippen molar-refractivity contribution in [3.8, 4) is 11.3 Å². The van der Waals surface area contributed by atoms with E-state index in [1.165, 1.54) is 18.4 Å². The van der Waals surface area contributed by atoms with Gasteiger partial charge < -0.3 is 10.6 Å². The largest absolute Gasteiger partial charge is 0.367 e. The van der Waals surface area contributed by atoms with Crippen LogP contribution in [-0.2, 0) is 0 Å². The molecule has 0 spiro atoms. The van der Waals surface area contributed by atoms with Gasteiger partial charge in [-0.15, -0.1) is 0 Å². The topological polar surface area (TPSA) is 71.3 Å². The van der Waals surface area contributed by atoms with Crippen LogP contribution in [0.25, 0.3) is 22.5 Å². The molecule has 2 aliphatic rings. The van der Waals surface area contributed by atoms with Crippen molar-refractivity contribution < 1.29 is 4.79 Å². The van der Waals surface area contributed by atoms with Gasteiger partial charge in [0.15, 0.2) is 11.5 Å². The number of aromatic nitrogens is 3. The molecule has 3 aromatic rings. The Bertz CT molecular complexity index is 1150. The van der Waals surface area contributed by atoms with Gasteiger partial charge in [-0.05, 0) is 62.1 Å². The molecule has 1 fully saturated rings. The number of fused-ring (bicyclic) bond motifs is 1. The van der Waals surface area contributed by atoms with Gasteiger partial charge in [-0.2, -0.15) is 0 Å². The molecule has 5 rings (SSSR count). The van der Waals surface area contributed by atoms with Gasteiger partial charge in [0.25, 0.3) is 5.91 Å². The Kier molecular flexibility index (Phi) is 5.68. The van der Waals surface area contributed by atoms with E-state index in [4.69, 9.17) is 9.97 Å². The number of imidazole rings is 1. The van der Waals surface area contributed by atoms with Crippen molar-refractivity contribution in [2.24, 2.45) is 5.92 Å². The van der Waals surface area contributed by atoms with Crippen molar-refractivity contribution in [2.45, 2.75) is 58.4 Å². The van der Waals surface area contributed by atoms with Crippen LogP contribution in [0.5, 0.6) is 0 Å². The molecule has 166 valence electrons. The average molecular weight is 430 g/mol. The number of carbonyl (C=O) groups excluding carboxylic acids is 1. The highest BCUT2D eigenvalue weighted by Gasteiger charge is 2.24. The second-order valence-electron chi connectivity index (χ2n) is 9.39. The van der Waals surface area contributed by atoms with Crippen LogP contribution in [0.1, 0.15) is 68.4 Å². The zero-order valence-corrected chi connectivity index (χ0v) is 18.9. The van der Waals surface area contributed by atoms with E-state index in [0.717, 1.165) is 60.6 Å². The Labute approximate surface area is 189 Å². The van der Waals surface area contributed by atoms with Crippen molar-refractivity contribution in [3.05, 3.63) is 54.0 Å². The third-order valence-electron chi connectivity index (χ3n) is 6.15. The molecular weight excluding hydrogens is 398 g/mol. The Balaban J connectivity index is 1.52. The SMILES string of the molecule is CC(C)CNc1nc(C2=CCCCC2)cn2c(-c3ccc(C(=O)NC4CC4)cc3)cnc12. The summed E-state index contributed by atoms with van der Waals surface area (Å²) in [5.41, 5.74) is 5.90. The second-order valence-corrected chi connectivity index (χ2v) is 9.39. The van der Waals surface area contributed by atoms with E-state index < -0.39 is 0 Å². The molecule has 0 saturated heterocycles. The maximum Gasteiger partial charge on any atom is 0.251 e. The van der Waals surface area contributed by atoms with Crippen LogP contribution in [-0.4, -0.2) is 32.9 Å². The van der Waals surface area contributed by atoms with E-state index in [2.05, 4.69) is 41.2 Å². The minimum absolute atomic E-state index is 0.00749. The number of nitrogens with zero attached hydrogens (tertiary/aromatic N) is 3. The lowest BCUT2D eigenvalue weighted by atomic mass is 9.97. The van der Waals surface area contributed by atoms with E-state index in [9.17, 15) is 4.79 Å². The molecule has 2 N–H and O–H groups in total. The zero-order valence-electron chi connectivity index (χ0n) is 18.9. The van der Waals surface area contributed by atoms with Gasteiger partial charge >= 0.3 is 0 Å². The molecule has 2 aliphatic carbocycles. The van der Waals surface area contributed by atoms with Crippen LogP contribution in [0.3, 0.4) is 0 Å². The molecule has 0 bridgehead atoms. The van der Waals surface area contributed by atoms with Gasteiger partial charge in [0.05, 0.1) is 17.6 Å². The number of benzene rings is 1. The number of hydrogen-bond donors (Lipinski definition) is 2. The Morgan fingerprint density at radius 1 is 1.19 bits per heavy atom. The molecule has 1 amide bonds. The molecule has 2 aromatic heterocycles. The van der Waals surface area contributed by atoms with E-state index >= 15 is 0 Å². The lowest BCUT2D eigenvalue weighted by Gasteiger charge is -2.16. The van der Waals surface area contributed by atoms with Crippen molar-refractivity contribution in [3.63, 3.8) is 0 Å². The molecule has 1 saturated carbocycles. The highest BCUT2D eigenvalue weighted by molar-refractivity contribution is 5.95. The summed E-state index contributed by atoms with van der Waals surface area (Å²) >= 11 is 0. The van der Waals surface area contributed by atoms with Gasteiger partial charge in [-0.1, -0.05) is 32.1 Å². The second kappa shape index (κ2) is 8.77. The van der Waals surface area contributed by atoms with Crippen LogP contribution in [0.4, 0.5) is 5.82 Å². The monoisotopic (exact) mass is 429 g/mol. The maximum absolute atomic E-state index is 12.3. The molecular formula is C26H31N5O. The molecule has 0 unspecified atom stereocenters. The summed E-state index contributed by atoms with van der Waals surface area (Å²) in [5, 5.41) is 6.55. The molecule has 6 nitrogen and oxygen atoms in total. The average Bonchev–Trinajstić information content (AvgIpc) is 3.53. The van der Waals surface area contributed by atoms with Crippen LogP contribution >= 0.6 is 0 Å². The summed E-state index contributed by atoms with van der Waals surface area (Å²) < 4.78 is 2.14. The van der Waals surface area contributed by atoms with Crippen LogP contribution in [0, 0.1) is 5.92 Å². The molecule has 0 atom stereocenters. The van der Waals surface area contributed by atoms with Gasteiger partial charge in [0.2, 0.25) is 0 Å². The summed E-state index contributed by atoms with van der Waals surface area (Å²) in [6.07, 6.45) is 13.2. The Hall–Kier alpha value is -3.15. The number of rotatable bonds is 7. The predicted octanol–water partition coefficient (Wildman–Crippen LogP) is 5.31. The quantitative estimate of drug-likeness (QED) is 0.534. The minimum Gasteiger partial charge on any atom is -0.367 e. The molecule has 2 heterocycles. The zero-order chi connectivity index (χ0) is 22.1. The third kappa shape index (κ3) is 4.40. The summed E-state index contributed by atoms with van der Waals surface area (Å²) in [7, 11) is 0. The summed E-state index contributed by atoms with van der Waals surface area (Å²) in [4.78, 5) is 22.0. The summed E-state index contributed by atoms with van der Waals surface area (Å²) in [5.74, 6) is 1.35. The van der Waals surface area contributed by atoms with E-state index in [0.29, 0.717) is 17.5 Å². The summed E-state index contributed by atoms with van der Waals surface area (Å²) in [6.45, 7) is 5.23. The lowest BCUT2D eigenvalue weighted by molar-refractivity contribution is 0.0951. The molecule has 0 radical (unpaired) electrons. The van der Waals surface area contributed by atoms with Gasteiger partial charge in [-0.25, -0.2) is 9.97 Å². The fourth-order valence-corrected chi connectivity index (χ4v) is 4.14. The predicted molar refractivity (Wildman–Crippen MR) is 129 cm³/mol. The fourth-order valence-electron chi connectivity index (χ4n) is 4.14. The van der Waals surface area contributed by atoms with E-state index in [1.807, 2.05) is 30.5 Å². The normalized spacial score (nSPS) is 16.3. The third-order valence-corrected chi connectivity index (χ3v) is 6.15. The van der Waals surface area contributed by atoms with Crippen LogP contribution < -0.4 is 10.6 Å². The first kappa shape index (κ1) is 20.7. The lowest BCUT2D eigenvalue weighted by Crippen LogP contribution is -2.25. The number of allylic oxidation sites excluding steroid dienone is 2. The van der Waals surface area contributed by atoms with Gasteiger partial charge in [0, 0.05) is 29.9 Å². The van der Waals surface area contributed by atoms with E-state index in [1.54, 1.807) is 0 Å². The molecule has 32 heavy (non-hydrogen) atoms. The number of nitrogens with one attached hydrogen (secondary N) is 2.